The average Bonchev–Trinajstić information content (AvgIpc) is 2.72. The number of halogens is 1. The van der Waals surface area contributed by atoms with Crippen molar-refractivity contribution in [1.82, 2.24) is 8.61 Å². The first-order valence-corrected chi connectivity index (χ1v) is 11.1. The third-order valence-corrected chi connectivity index (χ3v) is 7.00. The molecule has 0 aliphatic carbocycles. The fourth-order valence-corrected chi connectivity index (χ4v) is 5.01. The van der Waals surface area contributed by atoms with E-state index in [1.807, 2.05) is 0 Å². The minimum absolute atomic E-state index is 0.130. The van der Waals surface area contributed by atoms with Crippen LogP contribution < -0.4 is 5.32 Å². The van der Waals surface area contributed by atoms with Crippen LogP contribution in [0.3, 0.4) is 0 Å². The van der Waals surface area contributed by atoms with E-state index in [4.69, 9.17) is 16.3 Å². The fourth-order valence-electron chi connectivity index (χ4n) is 3.19. The summed E-state index contributed by atoms with van der Waals surface area (Å²) >= 11 is 6.16. The first-order chi connectivity index (χ1) is 14.3. The third-order valence-electron chi connectivity index (χ3n) is 4.70. The molecule has 1 fully saturated rings. The summed E-state index contributed by atoms with van der Waals surface area (Å²) in [5.41, 5.74) is 1.15. The predicted molar refractivity (Wildman–Crippen MR) is 113 cm³/mol. The number of carbonyl (C=O) groups excluding carboxylic acids is 2. The first kappa shape index (κ1) is 22.2. The Labute approximate surface area is 180 Å². The number of nitrogens with one attached hydrogen (secondary N) is 1. The highest BCUT2D eigenvalue weighted by Crippen LogP contribution is 2.23. The summed E-state index contributed by atoms with van der Waals surface area (Å²) in [5, 5.41) is 3.09. The van der Waals surface area contributed by atoms with Gasteiger partial charge >= 0.3 is 5.97 Å². The van der Waals surface area contributed by atoms with E-state index in [0.717, 1.165) is 4.31 Å². The van der Waals surface area contributed by atoms with Gasteiger partial charge in [-0.3, -0.25) is 4.79 Å². The van der Waals surface area contributed by atoms with E-state index in [-0.39, 0.29) is 30.9 Å². The van der Waals surface area contributed by atoms with Gasteiger partial charge in [-0.2, -0.15) is 17.0 Å². The van der Waals surface area contributed by atoms with E-state index < -0.39 is 22.1 Å². The second-order valence-corrected chi connectivity index (χ2v) is 9.04. The molecule has 160 valence electrons. The molecule has 0 saturated carbocycles. The van der Waals surface area contributed by atoms with Crippen LogP contribution in [0.5, 0.6) is 0 Å². The summed E-state index contributed by atoms with van der Waals surface area (Å²) in [7, 11) is -2.60. The molecule has 1 N–H and O–H groups in total. The SMILES string of the molecule is COC(=O)c1ccccc1NC(=O)CN1CCCN(Cc2ccccc2Cl)S1(=O)=O. The van der Waals surface area contributed by atoms with E-state index in [2.05, 4.69) is 5.32 Å². The number of carbonyl (C=O) groups is 2. The Kier molecular flexibility index (Phi) is 7.09. The fraction of sp³-hybridized carbons (Fsp3) is 0.300. The molecule has 1 saturated heterocycles. The summed E-state index contributed by atoms with van der Waals surface area (Å²) in [5.74, 6) is -1.14. The van der Waals surface area contributed by atoms with Crippen LogP contribution in [0.25, 0.3) is 0 Å². The molecule has 0 bridgehead atoms. The molecule has 30 heavy (non-hydrogen) atoms. The van der Waals surface area contributed by atoms with Crippen molar-refractivity contribution in [3.05, 3.63) is 64.7 Å². The third kappa shape index (κ3) is 4.99. The number of para-hydroxylation sites is 1. The lowest BCUT2D eigenvalue weighted by atomic mass is 10.2. The monoisotopic (exact) mass is 451 g/mol. The number of nitrogens with zero attached hydrogens (tertiary/aromatic N) is 2. The van der Waals surface area contributed by atoms with Crippen molar-refractivity contribution in [3.8, 4) is 0 Å². The molecule has 0 spiro atoms. The van der Waals surface area contributed by atoms with Crippen LogP contribution in [0.1, 0.15) is 22.3 Å². The number of rotatable bonds is 6. The maximum absolute atomic E-state index is 13.0. The van der Waals surface area contributed by atoms with Crippen LogP contribution in [-0.4, -0.2) is 55.6 Å². The van der Waals surface area contributed by atoms with Gasteiger partial charge in [0.05, 0.1) is 24.9 Å². The second kappa shape index (κ2) is 9.57. The van der Waals surface area contributed by atoms with Crippen LogP contribution in [0.15, 0.2) is 48.5 Å². The Morgan fingerprint density at radius 2 is 1.73 bits per heavy atom. The van der Waals surface area contributed by atoms with Crippen molar-refractivity contribution in [2.24, 2.45) is 0 Å². The van der Waals surface area contributed by atoms with Gasteiger partial charge in [-0.15, -0.1) is 0 Å². The van der Waals surface area contributed by atoms with Gasteiger partial charge in [-0.25, -0.2) is 4.79 Å². The van der Waals surface area contributed by atoms with Crippen molar-refractivity contribution >= 4 is 39.4 Å². The molecule has 1 heterocycles. The van der Waals surface area contributed by atoms with Gasteiger partial charge in [-0.05, 0) is 30.2 Å². The topological polar surface area (TPSA) is 96.0 Å². The predicted octanol–water partition coefficient (Wildman–Crippen LogP) is 2.52. The van der Waals surface area contributed by atoms with Crippen LogP contribution in [-0.2, 0) is 26.3 Å². The number of benzene rings is 2. The summed E-state index contributed by atoms with van der Waals surface area (Å²) in [4.78, 5) is 24.4. The molecule has 2 aromatic carbocycles. The minimum atomic E-state index is -3.84. The highest BCUT2D eigenvalue weighted by Gasteiger charge is 2.35. The van der Waals surface area contributed by atoms with Crippen molar-refractivity contribution in [1.29, 1.82) is 0 Å². The van der Waals surface area contributed by atoms with E-state index in [9.17, 15) is 18.0 Å². The molecular formula is C20H22ClN3O5S. The highest BCUT2D eigenvalue weighted by molar-refractivity contribution is 7.86. The lowest BCUT2D eigenvalue weighted by Crippen LogP contribution is -2.51. The molecule has 0 unspecified atom stereocenters. The zero-order chi connectivity index (χ0) is 21.7. The van der Waals surface area contributed by atoms with E-state index >= 15 is 0 Å². The van der Waals surface area contributed by atoms with Crippen LogP contribution in [0, 0.1) is 0 Å². The molecule has 1 amide bonds. The summed E-state index contributed by atoms with van der Waals surface area (Å²) in [6.45, 7) is 0.340. The smallest absolute Gasteiger partial charge is 0.339 e. The number of esters is 1. The summed E-state index contributed by atoms with van der Waals surface area (Å²) in [6, 6.07) is 13.4. The zero-order valence-electron chi connectivity index (χ0n) is 16.4. The van der Waals surface area contributed by atoms with Gasteiger partial charge < -0.3 is 10.1 Å². The molecule has 0 radical (unpaired) electrons. The highest BCUT2D eigenvalue weighted by atomic mass is 35.5. The molecule has 8 nitrogen and oxygen atoms in total. The lowest BCUT2D eigenvalue weighted by molar-refractivity contribution is -0.116. The van der Waals surface area contributed by atoms with Crippen LogP contribution >= 0.6 is 11.6 Å². The lowest BCUT2D eigenvalue weighted by Gasteiger charge is -2.34. The maximum Gasteiger partial charge on any atom is 0.339 e. The van der Waals surface area contributed by atoms with Gasteiger partial charge in [0, 0.05) is 24.7 Å². The Morgan fingerprint density at radius 3 is 2.47 bits per heavy atom. The number of methoxy groups -OCH3 is 1. The van der Waals surface area contributed by atoms with Gasteiger partial charge in [0.2, 0.25) is 5.91 Å². The zero-order valence-corrected chi connectivity index (χ0v) is 17.9. The van der Waals surface area contributed by atoms with Gasteiger partial charge in [0.15, 0.2) is 0 Å². The second-order valence-electron chi connectivity index (χ2n) is 6.71. The van der Waals surface area contributed by atoms with Crippen molar-refractivity contribution in [3.63, 3.8) is 0 Å². The number of anilines is 1. The Bertz CT molecular complexity index is 1040. The van der Waals surface area contributed by atoms with Gasteiger partial charge in [0.25, 0.3) is 10.2 Å². The summed E-state index contributed by atoms with van der Waals surface area (Å²) < 4.78 is 33.1. The summed E-state index contributed by atoms with van der Waals surface area (Å²) in [6.07, 6.45) is 0.579. The molecule has 3 rings (SSSR count). The van der Waals surface area contributed by atoms with E-state index in [1.165, 1.54) is 17.5 Å². The standard InChI is InChI=1S/C20H22ClN3O5S/c1-29-20(26)16-8-3-5-10-18(16)22-19(25)14-24-12-6-11-23(30(24,27)28)13-15-7-2-4-9-17(15)21/h2-5,7-10H,6,11-14H2,1H3,(H,22,25). The molecule has 1 aliphatic heterocycles. The normalized spacial score (nSPS) is 16.7. The first-order valence-electron chi connectivity index (χ1n) is 9.28. The molecule has 0 atom stereocenters. The average molecular weight is 452 g/mol. The molecule has 1 aliphatic rings. The number of ether oxygens (including phenoxy) is 1. The van der Waals surface area contributed by atoms with Gasteiger partial charge in [-0.1, -0.05) is 41.9 Å². The Balaban J connectivity index is 1.71. The Hall–Kier alpha value is -2.46. The van der Waals surface area contributed by atoms with Crippen LogP contribution in [0.4, 0.5) is 5.69 Å². The maximum atomic E-state index is 13.0. The molecule has 2 aromatic rings. The van der Waals surface area contributed by atoms with Crippen molar-refractivity contribution < 1.29 is 22.7 Å². The molecule has 10 heteroatoms. The van der Waals surface area contributed by atoms with E-state index in [1.54, 1.807) is 42.5 Å². The van der Waals surface area contributed by atoms with Crippen molar-refractivity contribution in [2.75, 3.05) is 32.1 Å². The van der Waals surface area contributed by atoms with Crippen LogP contribution in [0.2, 0.25) is 5.02 Å². The molecular weight excluding hydrogens is 430 g/mol. The Morgan fingerprint density at radius 1 is 1.07 bits per heavy atom. The number of hydrogen-bond donors (Lipinski definition) is 1. The largest absolute Gasteiger partial charge is 0.465 e. The molecule has 0 aromatic heterocycles. The number of amides is 1. The van der Waals surface area contributed by atoms with Gasteiger partial charge in [0.1, 0.15) is 0 Å². The minimum Gasteiger partial charge on any atom is -0.465 e. The van der Waals surface area contributed by atoms with Crippen molar-refractivity contribution in [2.45, 2.75) is 13.0 Å². The number of hydrogen-bond acceptors (Lipinski definition) is 5. The van der Waals surface area contributed by atoms with E-state index in [0.29, 0.717) is 23.6 Å². The quantitative estimate of drug-likeness (QED) is 0.681.